The maximum absolute atomic E-state index is 12.8. The molecule has 2 N–H and O–H groups in total. The molecule has 1 heterocycles. The quantitative estimate of drug-likeness (QED) is 0.877. The van der Waals surface area contributed by atoms with Crippen LogP contribution in [0.4, 0.5) is 4.39 Å². The molecule has 2 unspecified atom stereocenters. The first-order valence-electron chi connectivity index (χ1n) is 6.04. The van der Waals surface area contributed by atoms with Gasteiger partial charge in [0.1, 0.15) is 5.82 Å². The topological polar surface area (TPSA) is 41.1 Å². The molecule has 1 aromatic rings. The van der Waals surface area contributed by atoms with E-state index in [2.05, 4.69) is 10.6 Å². The Bertz CT molecular complexity index is 404. The minimum Gasteiger partial charge on any atom is -0.348 e. The van der Waals surface area contributed by atoms with E-state index in [0.29, 0.717) is 0 Å². The van der Waals surface area contributed by atoms with Gasteiger partial charge in [0, 0.05) is 18.1 Å². The van der Waals surface area contributed by atoms with Crippen molar-refractivity contribution in [2.24, 2.45) is 0 Å². The zero-order valence-corrected chi connectivity index (χ0v) is 11.1. The molecule has 3 nitrogen and oxygen atoms in total. The van der Waals surface area contributed by atoms with Crippen molar-refractivity contribution in [1.82, 2.24) is 10.6 Å². The van der Waals surface area contributed by atoms with Crippen molar-refractivity contribution < 1.29 is 9.18 Å². The SMILES string of the molecule is CC(NC(=O)C1CSCCN1)c1ccc(F)cc1. The summed E-state index contributed by atoms with van der Waals surface area (Å²) in [7, 11) is 0. The lowest BCUT2D eigenvalue weighted by molar-refractivity contribution is -0.123. The second-order valence-electron chi connectivity index (χ2n) is 4.36. The molecule has 0 bridgehead atoms. The molecule has 18 heavy (non-hydrogen) atoms. The normalized spacial score (nSPS) is 21.3. The van der Waals surface area contributed by atoms with Gasteiger partial charge in [0.2, 0.25) is 5.91 Å². The van der Waals surface area contributed by atoms with Crippen molar-refractivity contribution in [3.63, 3.8) is 0 Å². The maximum atomic E-state index is 12.8. The predicted octanol–water partition coefficient (Wildman–Crippen LogP) is 1.71. The number of hydrogen-bond donors (Lipinski definition) is 2. The molecule has 2 atom stereocenters. The van der Waals surface area contributed by atoms with E-state index < -0.39 is 0 Å². The van der Waals surface area contributed by atoms with E-state index >= 15 is 0 Å². The number of carbonyl (C=O) groups is 1. The van der Waals surface area contributed by atoms with Gasteiger partial charge in [0.05, 0.1) is 12.1 Å². The van der Waals surface area contributed by atoms with Crippen molar-refractivity contribution in [3.8, 4) is 0 Å². The molecule has 0 aromatic heterocycles. The molecule has 2 rings (SSSR count). The van der Waals surface area contributed by atoms with Crippen LogP contribution in [-0.2, 0) is 4.79 Å². The molecule has 0 saturated carbocycles. The van der Waals surface area contributed by atoms with Crippen LogP contribution in [0.2, 0.25) is 0 Å². The lowest BCUT2D eigenvalue weighted by Crippen LogP contribution is -2.49. The van der Waals surface area contributed by atoms with Gasteiger partial charge in [0.15, 0.2) is 0 Å². The smallest absolute Gasteiger partial charge is 0.238 e. The molecule has 1 aliphatic heterocycles. The zero-order valence-electron chi connectivity index (χ0n) is 10.3. The minimum absolute atomic E-state index is 0.0130. The summed E-state index contributed by atoms with van der Waals surface area (Å²) >= 11 is 1.78. The van der Waals surface area contributed by atoms with Crippen LogP contribution >= 0.6 is 11.8 Å². The number of thioether (sulfide) groups is 1. The van der Waals surface area contributed by atoms with Crippen molar-refractivity contribution >= 4 is 17.7 Å². The molecule has 0 radical (unpaired) electrons. The lowest BCUT2D eigenvalue weighted by Gasteiger charge is -2.24. The first-order valence-corrected chi connectivity index (χ1v) is 7.19. The molecule has 1 amide bonds. The average Bonchev–Trinajstić information content (AvgIpc) is 2.40. The average molecular weight is 268 g/mol. The van der Waals surface area contributed by atoms with Gasteiger partial charge in [-0.1, -0.05) is 12.1 Å². The van der Waals surface area contributed by atoms with Crippen LogP contribution in [0.5, 0.6) is 0 Å². The summed E-state index contributed by atoms with van der Waals surface area (Å²) in [5.74, 6) is 1.61. The highest BCUT2D eigenvalue weighted by atomic mass is 32.2. The number of amides is 1. The molecular weight excluding hydrogens is 251 g/mol. The van der Waals surface area contributed by atoms with Crippen LogP contribution in [-0.4, -0.2) is 30.0 Å². The zero-order chi connectivity index (χ0) is 13.0. The fourth-order valence-corrected chi connectivity index (χ4v) is 2.82. The number of halogens is 1. The molecule has 1 aromatic carbocycles. The Morgan fingerprint density at radius 3 is 2.83 bits per heavy atom. The van der Waals surface area contributed by atoms with Crippen molar-refractivity contribution in [1.29, 1.82) is 0 Å². The Labute approximate surface area is 111 Å². The summed E-state index contributed by atoms with van der Waals surface area (Å²) in [5, 5.41) is 6.14. The monoisotopic (exact) mass is 268 g/mol. The van der Waals surface area contributed by atoms with E-state index in [0.717, 1.165) is 23.6 Å². The van der Waals surface area contributed by atoms with Crippen molar-refractivity contribution in [2.75, 3.05) is 18.1 Å². The van der Waals surface area contributed by atoms with Crippen molar-refractivity contribution in [3.05, 3.63) is 35.6 Å². The van der Waals surface area contributed by atoms with Gasteiger partial charge in [-0.15, -0.1) is 0 Å². The summed E-state index contributed by atoms with van der Waals surface area (Å²) in [6.07, 6.45) is 0. The third-order valence-corrected chi connectivity index (χ3v) is 4.03. The Balaban J connectivity index is 1.91. The summed E-state index contributed by atoms with van der Waals surface area (Å²) in [6, 6.07) is 5.99. The fourth-order valence-electron chi connectivity index (χ4n) is 1.88. The number of carbonyl (C=O) groups excluding carboxylic acids is 1. The van der Waals surface area contributed by atoms with E-state index in [1.165, 1.54) is 12.1 Å². The molecular formula is C13H17FN2OS. The third kappa shape index (κ3) is 3.46. The first kappa shape index (κ1) is 13.4. The largest absolute Gasteiger partial charge is 0.348 e. The maximum Gasteiger partial charge on any atom is 0.238 e. The highest BCUT2D eigenvalue weighted by Crippen LogP contribution is 2.14. The Morgan fingerprint density at radius 2 is 2.22 bits per heavy atom. The van der Waals surface area contributed by atoms with E-state index in [9.17, 15) is 9.18 Å². The van der Waals surface area contributed by atoms with Gasteiger partial charge < -0.3 is 10.6 Å². The van der Waals surface area contributed by atoms with Gasteiger partial charge >= 0.3 is 0 Å². The standard InChI is InChI=1S/C13H17FN2OS/c1-9(10-2-4-11(14)5-3-10)16-13(17)12-8-18-7-6-15-12/h2-5,9,12,15H,6-8H2,1H3,(H,16,17). The molecule has 0 aliphatic carbocycles. The van der Waals surface area contributed by atoms with Gasteiger partial charge in [0.25, 0.3) is 0 Å². The van der Waals surface area contributed by atoms with E-state index in [-0.39, 0.29) is 23.8 Å². The molecule has 5 heteroatoms. The van der Waals surface area contributed by atoms with E-state index in [4.69, 9.17) is 0 Å². The lowest BCUT2D eigenvalue weighted by atomic mass is 10.1. The highest BCUT2D eigenvalue weighted by molar-refractivity contribution is 7.99. The van der Waals surface area contributed by atoms with E-state index in [1.54, 1.807) is 23.9 Å². The van der Waals surface area contributed by atoms with Gasteiger partial charge in [-0.25, -0.2) is 4.39 Å². The summed E-state index contributed by atoms with van der Waals surface area (Å²) in [6.45, 7) is 2.77. The summed E-state index contributed by atoms with van der Waals surface area (Å²) < 4.78 is 12.8. The van der Waals surface area contributed by atoms with Crippen LogP contribution in [0.1, 0.15) is 18.5 Å². The fraction of sp³-hybridized carbons (Fsp3) is 0.462. The molecule has 1 fully saturated rings. The number of benzene rings is 1. The van der Waals surface area contributed by atoms with Crippen LogP contribution in [0.15, 0.2) is 24.3 Å². The van der Waals surface area contributed by atoms with Crippen molar-refractivity contribution in [2.45, 2.75) is 19.0 Å². The van der Waals surface area contributed by atoms with Gasteiger partial charge in [-0.3, -0.25) is 4.79 Å². The minimum atomic E-state index is -0.261. The van der Waals surface area contributed by atoms with Gasteiger partial charge in [-0.2, -0.15) is 11.8 Å². The van der Waals surface area contributed by atoms with E-state index in [1.807, 2.05) is 6.92 Å². The summed E-state index contributed by atoms with van der Waals surface area (Å²) in [5.41, 5.74) is 0.910. The highest BCUT2D eigenvalue weighted by Gasteiger charge is 2.22. The molecule has 1 saturated heterocycles. The van der Waals surface area contributed by atoms with Crippen LogP contribution in [0, 0.1) is 5.82 Å². The number of hydrogen-bond acceptors (Lipinski definition) is 3. The number of rotatable bonds is 3. The number of nitrogens with one attached hydrogen (secondary N) is 2. The Kier molecular flexibility index (Phi) is 4.60. The second kappa shape index (κ2) is 6.20. The molecule has 0 spiro atoms. The summed E-state index contributed by atoms with van der Waals surface area (Å²) in [4.78, 5) is 12.0. The van der Waals surface area contributed by atoms with Crippen LogP contribution in [0.25, 0.3) is 0 Å². The predicted molar refractivity (Wildman–Crippen MR) is 72.1 cm³/mol. The molecule has 98 valence electrons. The second-order valence-corrected chi connectivity index (χ2v) is 5.51. The third-order valence-electron chi connectivity index (χ3n) is 2.97. The Hall–Kier alpha value is -1.07. The van der Waals surface area contributed by atoms with Gasteiger partial charge in [-0.05, 0) is 24.6 Å². The van der Waals surface area contributed by atoms with Crippen LogP contribution in [0.3, 0.4) is 0 Å². The van der Waals surface area contributed by atoms with Crippen LogP contribution < -0.4 is 10.6 Å². The first-order chi connectivity index (χ1) is 8.66. The molecule has 1 aliphatic rings. The Morgan fingerprint density at radius 1 is 1.50 bits per heavy atom.